The van der Waals surface area contributed by atoms with Gasteiger partial charge in [0.2, 0.25) is 0 Å². The lowest BCUT2D eigenvalue weighted by atomic mass is 10.1. The number of hydrogen-bond donors (Lipinski definition) is 0. The van der Waals surface area contributed by atoms with Crippen LogP contribution in [0, 0.1) is 25.2 Å². The van der Waals surface area contributed by atoms with Gasteiger partial charge in [0.15, 0.2) is 0 Å². The van der Waals surface area contributed by atoms with Crippen LogP contribution in [0.2, 0.25) is 0 Å². The number of hydrogen-bond acceptors (Lipinski definition) is 3. The number of aryl methyl sites for hydroxylation is 1. The van der Waals surface area contributed by atoms with E-state index < -0.39 is 6.09 Å². The number of carbonyl (C=O) groups is 1. The summed E-state index contributed by atoms with van der Waals surface area (Å²) in [5, 5.41) is 8.85. The summed E-state index contributed by atoms with van der Waals surface area (Å²) in [4.78, 5) is 14.0. The van der Waals surface area contributed by atoms with Crippen LogP contribution in [0.1, 0.15) is 23.1 Å². The molecule has 1 amide bonds. The molecule has 118 valence electrons. The van der Waals surface area contributed by atoms with Crippen molar-refractivity contribution in [3.8, 4) is 6.07 Å². The largest absolute Gasteiger partial charge is 0.444 e. The lowest BCUT2D eigenvalue weighted by molar-refractivity contribution is 0.147. The molecule has 0 unspecified atom stereocenters. The molecule has 2 aromatic carbocycles. The summed E-state index contributed by atoms with van der Waals surface area (Å²) in [6.45, 7) is 4.49. The van der Waals surface area contributed by atoms with Gasteiger partial charge >= 0.3 is 6.09 Å². The van der Waals surface area contributed by atoms with Gasteiger partial charge in [-0.25, -0.2) is 4.79 Å². The Kier molecular flexibility index (Phi) is 5.76. The third-order valence-corrected chi connectivity index (χ3v) is 3.74. The molecule has 0 heterocycles. The van der Waals surface area contributed by atoms with Crippen LogP contribution in [0.3, 0.4) is 0 Å². The Balaban J connectivity index is 2.16. The summed E-state index contributed by atoms with van der Waals surface area (Å²) in [6, 6.07) is 17.4. The van der Waals surface area contributed by atoms with Crippen molar-refractivity contribution in [2.75, 3.05) is 11.4 Å². The van der Waals surface area contributed by atoms with Crippen LogP contribution in [0.15, 0.2) is 48.5 Å². The van der Waals surface area contributed by atoms with Gasteiger partial charge in [0.1, 0.15) is 6.61 Å². The van der Waals surface area contributed by atoms with Gasteiger partial charge in [0.05, 0.1) is 18.2 Å². The quantitative estimate of drug-likeness (QED) is 0.824. The average molecular weight is 308 g/mol. The van der Waals surface area contributed by atoms with E-state index >= 15 is 0 Å². The Labute approximate surface area is 136 Å². The summed E-state index contributed by atoms with van der Waals surface area (Å²) >= 11 is 0. The molecule has 0 saturated heterocycles. The first-order valence-electron chi connectivity index (χ1n) is 7.55. The van der Waals surface area contributed by atoms with Gasteiger partial charge in [-0.05, 0) is 36.6 Å². The average Bonchev–Trinajstić information content (AvgIpc) is 2.57. The number of ether oxygens (including phenoxy) is 1. The van der Waals surface area contributed by atoms with Gasteiger partial charge in [-0.1, -0.05) is 42.5 Å². The lowest BCUT2D eigenvalue weighted by Crippen LogP contribution is -2.33. The standard InChI is InChI=1S/C19H20N2O2/c1-15-8-6-11-18(16(15)2)21(13-7-12-20)19(22)23-14-17-9-4-3-5-10-17/h3-6,8-11H,7,13-14H2,1-2H3. The summed E-state index contributed by atoms with van der Waals surface area (Å²) < 4.78 is 5.41. The maximum atomic E-state index is 12.5. The number of nitriles is 1. The van der Waals surface area contributed by atoms with Gasteiger partial charge in [0.25, 0.3) is 0 Å². The molecule has 2 rings (SSSR count). The second-order valence-electron chi connectivity index (χ2n) is 5.32. The summed E-state index contributed by atoms with van der Waals surface area (Å²) in [5.74, 6) is 0. The van der Waals surface area contributed by atoms with Crippen molar-refractivity contribution in [2.45, 2.75) is 26.9 Å². The van der Waals surface area contributed by atoms with E-state index in [-0.39, 0.29) is 13.0 Å². The van der Waals surface area contributed by atoms with Gasteiger partial charge in [-0.15, -0.1) is 0 Å². The van der Waals surface area contributed by atoms with E-state index in [4.69, 9.17) is 10.00 Å². The number of nitrogens with zero attached hydrogens (tertiary/aromatic N) is 2. The predicted octanol–water partition coefficient (Wildman–Crippen LogP) is 4.36. The number of rotatable bonds is 5. The first-order chi connectivity index (χ1) is 11.1. The molecule has 4 heteroatoms. The molecular weight excluding hydrogens is 288 g/mol. The van der Waals surface area contributed by atoms with Crippen molar-refractivity contribution in [1.82, 2.24) is 0 Å². The van der Waals surface area contributed by atoms with E-state index in [1.807, 2.05) is 62.4 Å². The highest BCUT2D eigenvalue weighted by Crippen LogP contribution is 2.24. The van der Waals surface area contributed by atoms with E-state index in [1.165, 1.54) is 4.90 Å². The monoisotopic (exact) mass is 308 g/mol. The first kappa shape index (κ1) is 16.6. The number of anilines is 1. The molecular formula is C19H20N2O2. The fourth-order valence-corrected chi connectivity index (χ4v) is 2.30. The fourth-order valence-electron chi connectivity index (χ4n) is 2.30. The molecule has 0 aliphatic rings. The van der Waals surface area contributed by atoms with E-state index in [1.54, 1.807) is 0 Å². The third-order valence-electron chi connectivity index (χ3n) is 3.74. The van der Waals surface area contributed by atoms with Gasteiger partial charge in [-0.3, -0.25) is 4.90 Å². The van der Waals surface area contributed by atoms with Crippen molar-refractivity contribution in [2.24, 2.45) is 0 Å². The van der Waals surface area contributed by atoms with Crippen LogP contribution in [-0.2, 0) is 11.3 Å². The Bertz CT molecular complexity index is 705. The van der Waals surface area contributed by atoms with Crippen LogP contribution >= 0.6 is 0 Å². The first-order valence-corrected chi connectivity index (χ1v) is 7.55. The second kappa shape index (κ2) is 8.00. The number of carbonyl (C=O) groups excluding carboxylic acids is 1. The Morgan fingerprint density at radius 1 is 1.13 bits per heavy atom. The van der Waals surface area contributed by atoms with Crippen molar-refractivity contribution in [3.05, 3.63) is 65.2 Å². The smallest absolute Gasteiger partial charge is 0.414 e. The van der Waals surface area contributed by atoms with Crippen molar-refractivity contribution in [1.29, 1.82) is 5.26 Å². The zero-order valence-corrected chi connectivity index (χ0v) is 13.5. The minimum absolute atomic E-state index is 0.216. The van der Waals surface area contributed by atoms with Crippen molar-refractivity contribution in [3.63, 3.8) is 0 Å². The Hall–Kier alpha value is -2.80. The summed E-state index contributed by atoms with van der Waals surface area (Å²) in [5.41, 5.74) is 3.84. The maximum absolute atomic E-state index is 12.5. The van der Waals surface area contributed by atoms with Crippen LogP contribution in [0.4, 0.5) is 10.5 Å². The highest BCUT2D eigenvalue weighted by Gasteiger charge is 2.19. The molecule has 23 heavy (non-hydrogen) atoms. The summed E-state index contributed by atoms with van der Waals surface area (Å²) in [7, 11) is 0. The molecule has 0 spiro atoms. The number of benzene rings is 2. The molecule has 0 fully saturated rings. The van der Waals surface area contributed by atoms with E-state index in [2.05, 4.69) is 6.07 Å². The van der Waals surface area contributed by atoms with Crippen LogP contribution < -0.4 is 4.90 Å². The molecule has 2 aromatic rings. The highest BCUT2D eigenvalue weighted by atomic mass is 16.6. The molecule has 0 bridgehead atoms. The van der Waals surface area contributed by atoms with Gasteiger partial charge < -0.3 is 4.74 Å². The van der Waals surface area contributed by atoms with Crippen LogP contribution in [0.25, 0.3) is 0 Å². The Morgan fingerprint density at radius 3 is 2.57 bits per heavy atom. The zero-order valence-electron chi connectivity index (χ0n) is 13.5. The maximum Gasteiger partial charge on any atom is 0.414 e. The lowest BCUT2D eigenvalue weighted by Gasteiger charge is -2.23. The zero-order chi connectivity index (χ0) is 16.7. The summed E-state index contributed by atoms with van der Waals surface area (Å²) in [6.07, 6.45) is -0.175. The molecule has 0 aromatic heterocycles. The molecule has 0 aliphatic carbocycles. The fraction of sp³-hybridized carbons (Fsp3) is 0.263. The van der Waals surface area contributed by atoms with E-state index in [0.29, 0.717) is 6.54 Å². The van der Waals surface area contributed by atoms with Crippen molar-refractivity contribution < 1.29 is 9.53 Å². The Morgan fingerprint density at radius 2 is 1.87 bits per heavy atom. The third kappa shape index (κ3) is 4.33. The minimum atomic E-state index is -0.433. The van der Waals surface area contributed by atoms with Crippen molar-refractivity contribution >= 4 is 11.8 Å². The topological polar surface area (TPSA) is 53.3 Å². The number of amides is 1. The predicted molar refractivity (Wildman–Crippen MR) is 90.1 cm³/mol. The van der Waals surface area contributed by atoms with Gasteiger partial charge in [-0.2, -0.15) is 5.26 Å². The van der Waals surface area contributed by atoms with Crippen LogP contribution in [0.5, 0.6) is 0 Å². The molecule has 0 N–H and O–H groups in total. The second-order valence-corrected chi connectivity index (χ2v) is 5.32. The van der Waals surface area contributed by atoms with Gasteiger partial charge in [0, 0.05) is 6.54 Å². The molecule has 0 saturated carbocycles. The minimum Gasteiger partial charge on any atom is -0.444 e. The normalized spacial score (nSPS) is 9.96. The highest BCUT2D eigenvalue weighted by molar-refractivity contribution is 5.88. The van der Waals surface area contributed by atoms with E-state index in [9.17, 15) is 4.79 Å². The SMILES string of the molecule is Cc1cccc(N(CCC#N)C(=O)OCc2ccccc2)c1C. The molecule has 0 aliphatic heterocycles. The molecule has 0 atom stereocenters. The molecule has 0 radical (unpaired) electrons. The van der Waals surface area contributed by atoms with E-state index in [0.717, 1.165) is 22.4 Å². The van der Waals surface area contributed by atoms with Crippen LogP contribution in [-0.4, -0.2) is 12.6 Å². The molecule has 4 nitrogen and oxygen atoms in total.